The van der Waals surface area contributed by atoms with Crippen LogP contribution in [0, 0.1) is 0 Å². The molecule has 0 saturated carbocycles. The SMILES string of the molecule is O=C1c2cc(S(=O)(=O)Cl)cnc2-c2ncc(S(=O)(=O)Cl)cc21. The largest absolute Gasteiger partial charge is 0.288 e. The highest BCUT2D eigenvalue weighted by molar-refractivity contribution is 8.14. The second-order valence-electron chi connectivity index (χ2n) is 4.34. The topological polar surface area (TPSA) is 111 Å². The number of carbonyl (C=O) groups excluding carboxylic acids is 1. The van der Waals surface area contributed by atoms with Crippen molar-refractivity contribution in [2.75, 3.05) is 0 Å². The van der Waals surface area contributed by atoms with E-state index in [-0.39, 0.29) is 32.3 Å². The van der Waals surface area contributed by atoms with Gasteiger partial charge in [0, 0.05) is 33.8 Å². The van der Waals surface area contributed by atoms with Crippen LogP contribution in [-0.4, -0.2) is 32.6 Å². The zero-order chi connectivity index (χ0) is 16.3. The Morgan fingerprint density at radius 3 is 1.45 bits per heavy atom. The van der Waals surface area contributed by atoms with E-state index in [1.807, 2.05) is 0 Å². The molecule has 1 aliphatic rings. The van der Waals surface area contributed by atoms with Gasteiger partial charge in [-0.05, 0) is 12.1 Å². The minimum absolute atomic E-state index is 0.0201. The average molecular weight is 379 g/mol. The van der Waals surface area contributed by atoms with Crippen LogP contribution in [0.25, 0.3) is 11.4 Å². The van der Waals surface area contributed by atoms with Crippen molar-refractivity contribution in [2.24, 2.45) is 0 Å². The fourth-order valence-electron chi connectivity index (χ4n) is 2.03. The Balaban J connectivity index is 2.24. The summed E-state index contributed by atoms with van der Waals surface area (Å²) in [5.74, 6) is -0.602. The van der Waals surface area contributed by atoms with E-state index in [0.717, 1.165) is 24.5 Å². The van der Waals surface area contributed by atoms with E-state index in [4.69, 9.17) is 21.4 Å². The summed E-state index contributed by atoms with van der Waals surface area (Å²) < 4.78 is 45.2. The fourth-order valence-corrected chi connectivity index (χ4v) is 3.41. The van der Waals surface area contributed by atoms with Crippen LogP contribution in [-0.2, 0) is 18.1 Å². The van der Waals surface area contributed by atoms with E-state index in [2.05, 4.69) is 9.97 Å². The third-order valence-corrected chi connectivity index (χ3v) is 5.64. The molecule has 1 aliphatic carbocycles. The zero-order valence-corrected chi connectivity index (χ0v) is 13.5. The average Bonchev–Trinajstić information content (AvgIpc) is 2.70. The number of nitrogens with zero attached hydrogens (tertiary/aromatic N) is 2. The molecule has 3 rings (SSSR count). The fraction of sp³-hybridized carbons (Fsp3) is 0. The van der Waals surface area contributed by atoms with Crippen molar-refractivity contribution >= 4 is 45.2 Å². The minimum Gasteiger partial charge on any atom is -0.288 e. The van der Waals surface area contributed by atoms with Crippen molar-refractivity contribution in [2.45, 2.75) is 9.79 Å². The van der Waals surface area contributed by atoms with Crippen LogP contribution in [0.4, 0.5) is 0 Å². The van der Waals surface area contributed by atoms with Gasteiger partial charge in [0.25, 0.3) is 18.1 Å². The minimum atomic E-state index is -4.05. The van der Waals surface area contributed by atoms with Gasteiger partial charge in [-0.3, -0.25) is 14.8 Å². The van der Waals surface area contributed by atoms with E-state index >= 15 is 0 Å². The van der Waals surface area contributed by atoms with Gasteiger partial charge in [0.15, 0.2) is 5.78 Å². The monoisotopic (exact) mass is 378 g/mol. The number of hydrogen-bond donors (Lipinski definition) is 0. The van der Waals surface area contributed by atoms with Gasteiger partial charge >= 0.3 is 0 Å². The highest BCUT2D eigenvalue weighted by Gasteiger charge is 2.32. The molecule has 11 heteroatoms. The molecule has 7 nitrogen and oxygen atoms in total. The number of fused-ring (bicyclic) bond motifs is 3. The molecule has 0 N–H and O–H groups in total. The molecule has 114 valence electrons. The van der Waals surface area contributed by atoms with Crippen molar-refractivity contribution in [3.05, 3.63) is 35.7 Å². The van der Waals surface area contributed by atoms with E-state index in [9.17, 15) is 21.6 Å². The lowest BCUT2D eigenvalue weighted by molar-refractivity contribution is 0.104. The highest BCUT2D eigenvalue weighted by atomic mass is 35.7. The zero-order valence-electron chi connectivity index (χ0n) is 10.3. The number of pyridine rings is 2. The van der Waals surface area contributed by atoms with Crippen LogP contribution in [0.5, 0.6) is 0 Å². The molecule has 0 saturated heterocycles. The molecule has 0 bridgehead atoms. The van der Waals surface area contributed by atoms with Crippen molar-refractivity contribution < 1.29 is 21.6 Å². The standard InChI is InChI=1S/C11H4Cl2N2O5S2/c12-21(17,18)5-1-7-9(14-3-5)10-8(11(7)16)2-6(4-15-10)22(13,19)20/h1-4H. The quantitative estimate of drug-likeness (QED) is 0.621. The summed E-state index contributed by atoms with van der Waals surface area (Å²) in [4.78, 5) is 19.4. The van der Waals surface area contributed by atoms with Crippen LogP contribution in [0.1, 0.15) is 15.9 Å². The Morgan fingerprint density at radius 2 is 1.14 bits per heavy atom. The van der Waals surface area contributed by atoms with Crippen molar-refractivity contribution in [3.63, 3.8) is 0 Å². The number of hydrogen-bond acceptors (Lipinski definition) is 7. The number of rotatable bonds is 2. The molecule has 22 heavy (non-hydrogen) atoms. The van der Waals surface area contributed by atoms with E-state index in [0.29, 0.717) is 0 Å². The van der Waals surface area contributed by atoms with Crippen LogP contribution >= 0.6 is 21.4 Å². The Morgan fingerprint density at radius 1 is 0.773 bits per heavy atom. The molecule has 0 atom stereocenters. The van der Waals surface area contributed by atoms with Crippen LogP contribution in [0.3, 0.4) is 0 Å². The van der Waals surface area contributed by atoms with Gasteiger partial charge in [-0.25, -0.2) is 16.8 Å². The molecule has 0 aliphatic heterocycles. The molecular formula is C11H4Cl2N2O5S2. The van der Waals surface area contributed by atoms with E-state index < -0.39 is 23.9 Å². The van der Waals surface area contributed by atoms with Gasteiger partial charge in [0.05, 0.1) is 11.1 Å². The predicted molar refractivity (Wildman–Crippen MR) is 77.0 cm³/mol. The lowest BCUT2D eigenvalue weighted by Gasteiger charge is -2.00. The molecular weight excluding hydrogens is 375 g/mol. The first-order valence-electron chi connectivity index (χ1n) is 5.53. The number of ketones is 1. The second-order valence-corrected chi connectivity index (χ2v) is 9.47. The van der Waals surface area contributed by atoms with Crippen LogP contribution in [0.15, 0.2) is 34.3 Å². The molecule has 0 spiro atoms. The summed E-state index contributed by atoms with van der Waals surface area (Å²) in [6, 6.07) is 2.15. The lowest BCUT2D eigenvalue weighted by Crippen LogP contribution is -2.00. The summed E-state index contributed by atoms with van der Waals surface area (Å²) in [6.45, 7) is 0. The van der Waals surface area contributed by atoms with Crippen molar-refractivity contribution in [1.82, 2.24) is 9.97 Å². The van der Waals surface area contributed by atoms with Gasteiger partial charge in [-0.1, -0.05) is 0 Å². The molecule has 0 fully saturated rings. The normalized spacial score (nSPS) is 13.8. The smallest absolute Gasteiger partial charge is 0.262 e. The Hall–Kier alpha value is -1.55. The maximum Gasteiger partial charge on any atom is 0.262 e. The third kappa shape index (κ3) is 2.39. The first-order valence-corrected chi connectivity index (χ1v) is 10.2. The van der Waals surface area contributed by atoms with Gasteiger partial charge < -0.3 is 0 Å². The van der Waals surface area contributed by atoms with Gasteiger partial charge in [-0.2, -0.15) is 0 Å². The lowest BCUT2D eigenvalue weighted by atomic mass is 10.1. The summed E-state index contributed by atoms with van der Waals surface area (Å²) >= 11 is 0. The van der Waals surface area contributed by atoms with Gasteiger partial charge in [0.2, 0.25) is 0 Å². The Labute approximate surface area is 133 Å². The molecule has 2 heterocycles. The van der Waals surface area contributed by atoms with Gasteiger partial charge in [0.1, 0.15) is 21.2 Å². The Bertz CT molecular complexity index is 965. The van der Waals surface area contributed by atoms with Crippen molar-refractivity contribution in [3.8, 4) is 11.4 Å². The van der Waals surface area contributed by atoms with Gasteiger partial charge in [-0.15, -0.1) is 0 Å². The first-order chi connectivity index (χ1) is 10.1. The summed E-state index contributed by atoms with van der Waals surface area (Å²) in [6.07, 6.45) is 1.99. The predicted octanol–water partition coefficient (Wildman–Crippen LogP) is 1.54. The molecule has 0 radical (unpaired) electrons. The van der Waals surface area contributed by atoms with Crippen LogP contribution in [0.2, 0.25) is 0 Å². The third-order valence-electron chi connectivity index (χ3n) is 3.00. The summed E-state index contributed by atoms with van der Waals surface area (Å²) in [5.41, 5.74) is 0.270. The molecule has 2 aromatic heterocycles. The van der Waals surface area contributed by atoms with E-state index in [1.165, 1.54) is 0 Å². The maximum absolute atomic E-state index is 12.3. The first kappa shape index (κ1) is 15.3. The van der Waals surface area contributed by atoms with Crippen LogP contribution < -0.4 is 0 Å². The summed E-state index contributed by atoms with van der Waals surface area (Å²) in [7, 11) is 2.33. The Kier molecular flexibility index (Phi) is 3.29. The highest BCUT2D eigenvalue weighted by Crippen LogP contribution is 2.36. The number of aromatic nitrogens is 2. The number of halogens is 2. The van der Waals surface area contributed by atoms with E-state index in [1.54, 1.807) is 0 Å². The van der Waals surface area contributed by atoms with Crippen molar-refractivity contribution in [1.29, 1.82) is 0 Å². The summed E-state index contributed by atoms with van der Waals surface area (Å²) in [5, 5.41) is 0. The molecule has 0 amide bonds. The number of carbonyl (C=O) groups is 1. The molecule has 0 aromatic carbocycles. The molecule has 0 unspecified atom stereocenters. The maximum atomic E-state index is 12.3. The second kappa shape index (κ2) is 4.72. The molecule has 2 aromatic rings.